The van der Waals surface area contributed by atoms with Crippen LogP contribution >= 0.6 is 11.6 Å². The lowest BCUT2D eigenvalue weighted by Gasteiger charge is -2.34. The summed E-state index contributed by atoms with van der Waals surface area (Å²) in [6.07, 6.45) is 4.16. The standard InChI is InChI=1S/C24H27ClN4O2/c1-3-23-22(16-26-29(23)20-6-4-5-17(25)15-20)24(30)27-18-11-13-28(14-12-18)19-7-9-21(31-2)10-8-19/h4-10,15-16,18H,3,11-14H2,1-2H3,(H,27,30). The molecule has 1 saturated heterocycles. The second-order valence-corrected chi connectivity index (χ2v) is 8.12. The van der Waals surface area contributed by atoms with E-state index in [0.29, 0.717) is 17.0 Å². The summed E-state index contributed by atoms with van der Waals surface area (Å²) in [6, 6.07) is 15.8. The molecule has 0 spiro atoms. The number of hydrogen-bond acceptors (Lipinski definition) is 4. The van der Waals surface area contributed by atoms with Gasteiger partial charge in [0.15, 0.2) is 0 Å². The highest BCUT2D eigenvalue weighted by Gasteiger charge is 2.24. The van der Waals surface area contributed by atoms with E-state index in [4.69, 9.17) is 16.3 Å². The second-order valence-electron chi connectivity index (χ2n) is 7.68. The number of benzene rings is 2. The van der Waals surface area contributed by atoms with E-state index in [9.17, 15) is 4.79 Å². The Bertz CT molecular complexity index is 1040. The molecular formula is C24H27ClN4O2. The lowest BCUT2D eigenvalue weighted by molar-refractivity contribution is 0.0930. The van der Waals surface area contributed by atoms with Crippen LogP contribution in [0.15, 0.2) is 54.7 Å². The average Bonchev–Trinajstić information content (AvgIpc) is 3.24. The Kier molecular flexibility index (Phi) is 6.47. The first-order valence-electron chi connectivity index (χ1n) is 10.6. The first-order valence-corrected chi connectivity index (χ1v) is 11.0. The van der Waals surface area contributed by atoms with Crippen molar-refractivity contribution < 1.29 is 9.53 Å². The summed E-state index contributed by atoms with van der Waals surface area (Å²) in [7, 11) is 1.67. The van der Waals surface area contributed by atoms with Crippen LogP contribution in [0.3, 0.4) is 0 Å². The van der Waals surface area contributed by atoms with Gasteiger partial charge in [-0.05, 0) is 61.7 Å². The zero-order chi connectivity index (χ0) is 21.8. The van der Waals surface area contributed by atoms with Crippen LogP contribution in [0, 0.1) is 0 Å². The van der Waals surface area contributed by atoms with Gasteiger partial charge in [-0.2, -0.15) is 5.10 Å². The number of methoxy groups -OCH3 is 1. The molecule has 0 radical (unpaired) electrons. The van der Waals surface area contributed by atoms with E-state index < -0.39 is 0 Å². The van der Waals surface area contributed by atoms with Gasteiger partial charge in [-0.25, -0.2) is 4.68 Å². The van der Waals surface area contributed by atoms with Crippen molar-refractivity contribution in [2.24, 2.45) is 0 Å². The second kappa shape index (κ2) is 9.43. The molecule has 3 aromatic rings. The monoisotopic (exact) mass is 438 g/mol. The van der Waals surface area contributed by atoms with Gasteiger partial charge in [0.2, 0.25) is 0 Å². The Morgan fingerprint density at radius 2 is 1.90 bits per heavy atom. The first-order chi connectivity index (χ1) is 15.1. The van der Waals surface area contributed by atoms with Gasteiger partial charge in [-0.15, -0.1) is 0 Å². The number of nitrogens with zero attached hydrogens (tertiary/aromatic N) is 3. The van der Waals surface area contributed by atoms with Crippen molar-refractivity contribution in [3.63, 3.8) is 0 Å². The zero-order valence-corrected chi connectivity index (χ0v) is 18.6. The number of halogens is 1. The minimum atomic E-state index is -0.0620. The van der Waals surface area contributed by atoms with E-state index in [1.807, 2.05) is 43.3 Å². The van der Waals surface area contributed by atoms with Crippen LogP contribution in [0.25, 0.3) is 5.69 Å². The number of amides is 1. The van der Waals surface area contributed by atoms with Crippen molar-refractivity contribution in [3.05, 3.63) is 71.0 Å². The SMILES string of the molecule is CCc1c(C(=O)NC2CCN(c3ccc(OC)cc3)CC2)cnn1-c1cccc(Cl)c1. The molecule has 6 nitrogen and oxygen atoms in total. The molecule has 0 atom stereocenters. The van der Waals surface area contributed by atoms with Crippen LogP contribution in [0.1, 0.15) is 35.8 Å². The number of carbonyl (C=O) groups excluding carboxylic acids is 1. The molecule has 7 heteroatoms. The lowest BCUT2D eigenvalue weighted by atomic mass is 10.0. The molecule has 1 N–H and O–H groups in total. The molecule has 1 fully saturated rings. The topological polar surface area (TPSA) is 59.4 Å². The maximum absolute atomic E-state index is 13.0. The van der Waals surface area contributed by atoms with Crippen LogP contribution < -0.4 is 15.0 Å². The summed E-state index contributed by atoms with van der Waals surface area (Å²) >= 11 is 6.13. The minimum Gasteiger partial charge on any atom is -0.497 e. The Labute approximate surface area is 187 Å². The fourth-order valence-electron chi connectivity index (χ4n) is 4.07. The van der Waals surface area contributed by atoms with E-state index in [0.717, 1.165) is 43.1 Å². The van der Waals surface area contributed by atoms with Crippen LogP contribution in [-0.4, -0.2) is 41.9 Å². The van der Waals surface area contributed by atoms with Crippen molar-refractivity contribution in [2.45, 2.75) is 32.2 Å². The Morgan fingerprint density at radius 3 is 2.55 bits per heavy atom. The number of ether oxygens (including phenoxy) is 1. The van der Waals surface area contributed by atoms with Crippen LogP contribution in [0.4, 0.5) is 5.69 Å². The quantitative estimate of drug-likeness (QED) is 0.615. The first kappa shape index (κ1) is 21.2. The van der Waals surface area contributed by atoms with Crippen LogP contribution in [-0.2, 0) is 6.42 Å². The maximum Gasteiger partial charge on any atom is 0.254 e. The molecule has 1 aliphatic rings. The summed E-state index contributed by atoms with van der Waals surface area (Å²) in [5, 5.41) is 8.31. The average molecular weight is 439 g/mol. The van der Waals surface area contributed by atoms with Gasteiger partial charge in [-0.1, -0.05) is 24.6 Å². The number of aromatic nitrogens is 2. The van der Waals surface area contributed by atoms with Crippen molar-refractivity contribution >= 4 is 23.2 Å². The van der Waals surface area contributed by atoms with Gasteiger partial charge in [-0.3, -0.25) is 4.79 Å². The lowest BCUT2D eigenvalue weighted by Crippen LogP contribution is -2.44. The normalized spacial score (nSPS) is 14.5. The molecule has 1 aromatic heterocycles. The number of anilines is 1. The molecule has 0 saturated carbocycles. The summed E-state index contributed by atoms with van der Waals surface area (Å²) in [6.45, 7) is 3.83. The van der Waals surface area contributed by atoms with Crippen molar-refractivity contribution in [1.82, 2.24) is 15.1 Å². The largest absolute Gasteiger partial charge is 0.497 e. The summed E-state index contributed by atoms with van der Waals surface area (Å²) < 4.78 is 7.03. The molecule has 2 aromatic carbocycles. The molecule has 162 valence electrons. The highest BCUT2D eigenvalue weighted by molar-refractivity contribution is 6.30. The third-order valence-electron chi connectivity index (χ3n) is 5.77. The van der Waals surface area contributed by atoms with Crippen molar-refractivity contribution in [3.8, 4) is 11.4 Å². The Balaban J connectivity index is 1.40. The Morgan fingerprint density at radius 1 is 1.16 bits per heavy atom. The fraction of sp³-hybridized carbons (Fsp3) is 0.333. The molecular weight excluding hydrogens is 412 g/mol. The summed E-state index contributed by atoms with van der Waals surface area (Å²) in [5.74, 6) is 0.795. The zero-order valence-electron chi connectivity index (χ0n) is 17.8. The van der Waals surface area contributed by atoms with E-state index in [2.05, 4.69) is 27.4 Å². The van der Waals surface area contributed by atoms with Gasteiger partial charge in [0.1, 0.15) is 5.75 Å². The fourth-order valence-corrected chi connectivity index (χ4v) is 4.26. The minimum absolute atomic E-state index is 0.0620. The molecule has 0 unspecified atom stereocenters. The van der Waals surface area contributed by atoms with Gasteiger partial charge in [0.25, 0.3) is 5.91 Å². The Hall–Kier alpha value is -2.99. The summed E-state index contributed by atoms with van der Waals surface area (Å²) in [4.78, 5) is 15.4. The number of carbonyl (C=O) groups is 1. The third-order valence-corrected chi connectivity index (χ3v) is 6.00. The molecule has 1 aliphatic heterocycles. The number of hydrogen-bond donors (Lipinski definition) is 1. The number of rotatable bonds is 6. The van der Waals surface area contributed by atoms with E-state index in [1.54, 1.807) is 18.0 Å². The predicted molar refractivity (Wildman–Crippen MR) is 124 cm³/mol. The molecule has 0 aliphatic carbocycles. The van der Waals surface area contributed by atoms with E-state index in [-0.39, 0.29) is 11.9 Å². The van der Waals surface area contributed by atoms with Crippen molar-refractivity contribution in [2.75, 3.05) is 25.1 Å². The van der Waals surface area contributed by atoms with Gasteiger partial charge in [0.05, 0.1) is 30.3 Å². The van der Waals surface area contributed by atoms with Crippen LogP contribution in [0.5, 0.6) is 5.75 Å². The highest BCUT2D eigenvalue weighted by Crippen LogP contribution is 2.24. The number of nitrogens with one attached hydrogen (secondary N) is 1. The highest BCUT2D eigenvalue weighted by atomic mass is 35.5. The maximum atomic E-state index is 13.0. The summed E-state index contributed by atoms with van der Waals surface area (Å²) in [5.41, 5.74) is 3.55. The van der Waals surface area contributed by atoms with Crippen molar-refractivity contribution in [1.29, 1.82) is 0 Å². The molecule has 0 bridgehead atoms. The molecule has 31 heavy (non-hydrogen) atoms. The van der Waals surface area contributed by atoms with Gasteiger partial charge < -0.3 is 15.0 Å². The van der Waals surface area contributed by atoms with Crippen LogP contribution in [0.2, 0.25) is 5.02 Å². The third kappa shape index (κ3) is 4.69. The van der Waals surface area contributed by atoms with Gasteiger partial charge in [0, 0.05) is 29.8 Å². The smallest absolute Gasteiger partial charge is 0.254 e. The predicted octanol–water partition coefficient (Wildman–Crippen LogP) is 4.50. The van der Waals surface area contributed by atoms with E-state index in [1.165, 1.54) is 5.69 Å². The molecule has 2 heterocycles. The van der Waals surface area contributed by atoms with Gasteiger partial charge >= 0.3 is 0 Å². The number of piperidine rings is 1. The molecule has 1 amide bonds. The molecule has 4 rings (SSSR count). The van der Waals surface area contributed by atoms with E-state index >= 15 is 0 Å².